The Morgan fingerprint density at radius 3 is 2.54 bits per heavy atom. The average molecular weight is 375 g/mol. The van der Waals surface area contributed by atoms with E-state index in [1.54, 1.807) is 26.1 Å². The summed E-state index contributed by atoms with van der Waals surface area (Å²) in [6, 6.07) is 4.74. The number of fused-ring (bicyclic) bond motifs is 1. The normalized spacial score (nSPS) is 10.9. The number of aryl methyl sites for hydroxylation is 3. The predicted molar refractivity (Wildman–Crippen MR) is 96.4 cm³/mol. The molecule has 3 aromatic rings. The first-order valence-electron chi connectivity index (χ1n) is 7.52. The number of nitrogens with one attached hydrogen (secondary N) is 1. The van der Waals surface area contributed by atoms with Gasteiger partial charge in [0, 0.05) is 19.1 Å². The number of rotatable bonds is 3. The standard InChI is InChI=1S/C16H15ClN6O3/c1-7-11(13(15(18)25)23(3)20-7)19-16(26)12-14(24)9-6-8(17)4-5-10(9)22(2)21-12/h4-6H,1-3H3,(H2,18,25)(H,19,26). The minimum absolute atomic E-state index is 0.0245. The largest absolute Gasteiger partial charge is 0.364 e. The minimum Gasteiger partial charge on any atom is -0.364 e. The summed E-state index contributed by atoms with van der Waals surface area (Å²) >= 11 is 5.95. The third kappa shape index (κ3) is 2.82. The van der Waals surface area contributed by atoms with Crippen molar-refractivity contribution in [1.29, 1.82) is 0 Å². The number of benzene rings is 1. The van der Waals surface area contributed by atoms with Crippen molar-refractivity contribution in [3.8, 4) is 0 Å². The number of carbonyl (C=O) groups excluding carboxylic acids is 2. The van der Waals surface area contributed by atoms with Gasteiger partial charge in [-0.3, -0.25) is 23.7 Å². The molecule has 3 rings (SSSR count). The van der Waals surface area contributed by atoms with E-state index in [1.807, 2.05) is 0 Å². The number of nitrogens with zero attached hydrogens (tertiary/aromatic N) is 4. The Kier molecular flexibility index (Phi) is 4.25. The number of amides is 2. The van der Waals surface area contributed by atoms with Crippen LogP contribution in [0, 0.1) is 6.92 Å². The number of carbonyl (C=O) groups is 2. The van der Waals surface area contributed by atoms with Gasteiger partial charge in [0.15, 0.2) is 5.69 Å². The molecule has 0 radical (unpaired) electrons. The van der Waals surface area contributed by atoms with Gasteiger partial charge in [-0.1, -0.05) is 11.6 Å². The second kappa shape index (κ2) is 6.26. The van der Waals surface area contributed by atoms with E-state index < -0.39 is 17.2 Å². The van der Waals surface area contributed by atoms with E-state index in [2.05, 4.69) is 15.5 Å². The molecule has 1 aromatic carbocycles. The van der Waals surface area contributed by atoms with Gasteiger partial charge in [0.05, 0.1) is 22.3 Å². The summed E-state index contributed by atoms with van der Waals surface area (Å²) in [5.41, 5.74) is 5.52. The van der Waals surface area contributed by atoms with E-state index in [4.69, 9.17) is 17.3 Å². The molecule has 0 aliphatic carbocycles. The zero-order valence-corrected chi connectivity index (χ0v) is 15.0. The quantitative estimate of drug-likeness (QED) is 0.706. The number of anilines is 1. The van der Waals surface area contributed by atoms with Gasteiger partial charge >= 0.3 is 0 Å². The van der Waals surface area contributed by atoms with Gasteiger partial charge in [0.25, 0.3) is 11.8 Å². The Hall–Kier alpha value is -3.20. The summed E-state index contributed by atoms with van der Waals surface area (Å²) in [6.07, 6.45) is 0. The maximum atomic E-state index is 12.7. The van der Waals surface area contributed by atoms with Crippen LogP contribution in [-0.2, 0) is 14.1 Å². The number of halogens is 1. The summed E-state index contributed by atoms with van der Waals surface area (Å²) in [4.78, 5) is 36.9. The lowest BCUT2D eigenvalue weighted by atomic mass is 10.2. The summed E-state index contributed by atoms with van der Waals surface area (Å²) in [5.74, 6) is -1.53. The van der Waals surface area contributed by atoms with Gasteiger partial charge in [-0.25, -0.2) is 0 Å². The van der Waals surface area contributed by atoms with Crippen molar-refractivity contribution in [3.63, 3.8) is 0 Å². The van der Waals surface area contributed by atoms with Crippen molar-refractivity contribution in [3.05, 3.63) is 50.5 Å². The third-order valence-corrected chi connectivity index (χ3v) is 4.16. The second-order valence-corrected chi connectivity index (χ2v) is 6.15. The third-order valence-electron chi connectivity index (χ3n) is 3.93. The van der Waals surface area contributed by atoms with Crippen molar-refractivity contribution in [2.24, 2.45) is 19.8 Å². The molecular weight excluding hydrogens is 360 g/mol. The SMILES string of the molecule is Cc1nn(C)c(C(N)=O)c1NC(=O)c1nn(C)c2ccc(Cl)cc2c1=O. The van der Waals surface area contributed by atoms with Crippen LogP contribution in [0.15, 0.2) is 23.0 Å². The summed E-state index contributed by atoms with van der Waals surface area (Å²) < 4.78 is 2.67. The summed E-state index contributed by atoms with van der Waals surface area (Å²) in [7, 11) is 3.13. The van der Waals surface area contributed by atoms with Crippen molar-refractivity contribution in [2.45, 2.75) is 6.92 Å². The molecule has 0 aliphatic heterocycles. The van der Waals surface area contributed by atoms with Crippen molar-refractivity contribution in [2.75, 3.05) is 5.32 Å². The number of primary amides is 1. The highest BCUT2D eigenvalue weighted by Gasteiger charge is 2.23. The Morgan fingerprint density at radius 1 is 1.19 bits per heavy atom. The van der Waals surface area contributed by atoms with Gasteiger partial charge in [0.1, 0.15) is 5.69 Å². The van der Waals surface area contributed by atoms with Crippen LogP contribution >= 0.6 is 11.6 Å². The topological polar surface area (TPSA) is 125 Å². The molecule has 134 valence electrons. The fourth-order valence-electron chi connectivity index (χ4n) is 2.76. The Balaban J connectivity index is 2.11. The monoisotopic (exact) mass is 374 g/mol. The van der Waals surface area contributed by atoms with E-state index in [0.29, 0.717) is 16.2 Å². The molecular formula is C16H15ClN6O3. The van der Waals surface area contributed by atoms with Crippen molar-refractivity contribution < 1.29 is 9.59 Å². The first-order valence-corrected chi connectivity index (χ1v) is 7.89. The van der Waals surface area contributed by atoms with Crippen molar-refractivity contribution in [1.82, 2.24) is 19.6 Å². The fourth-order valence-corrected chi connectivity index (χ4v) is 2.93. The highest BCUT2D eigenvalue weighted by atomic mass is 35.5. The maximum Gasteiger partial charge on any atom is 0.280 e. The maximum absolute atomic E-state index is 12.7. The van der Waals surface area contributed by atoms with E-state index in [1.165, 1.54) is 22.5 Å². The molecule has 3 N–H and O–H groups in total. The molecule has 0 atom stereocenters. The summed E-state index contributed by atoms with van der Waals surface area (Å²) in [6.45, 7) is 1.60. The predicted octanol–water partition coefficient (Wildman–Crippen LogP) is 0.980. The molecule has 26 heavy (non-hydrogen) atoms. The second-order valence-electron chi connectivity index (χ2n) is 5.71. The molecule has 0 aliphatic rings. The highest BCUT2D eigenvalue weighted by molar-refractivity contribution is 6.31. The van der Waals surface area contributed by atoms with E-state index >= 15 is 0 Å². The first-order chi connectivity index (χ1) is 12.2. The lowest BCUT2D eigenvalue weighted by Crippen LogP contribution is -2.27. The molecule has 9 nitrogen and oxygen atoms in total. The van der Waals surface area contributed by atoms with Crippen LogP contribution in [0.1, 0.15) is 26.7 Å². The lowest BCUT2D eigenvalue weighted by molar-refractivity contribution is 0.0992. The van der Waals surface area contributed by atoms with Crippen LogP contribution < -0.4 is 16.5 Å². The zero-order valence-electron chi connectivity index (χ0n) is 14.2. The molecule has 10 heteroatoms. The molecule has 0 saturated heterocycles. The van der Waals surface area contributed by atoms with Crippen LogP contribution in [0.5, 0.6) is 0 Å². The molecule has 0 spiro atoms. The molecule has 0 fully saturated rings. The summed E-state index contributed by atoms with van der Waals surface area (Å²) in [5, 5.41) is 11.2. The van der Waals surface area contributed by atoms with Crippen LogP contribution in [0.3, 0.4) is 0 Å². The molecule has 0 bridgehead atoms. The van der Waals surface area contributed by atoms with Crippen LogP contribution in [0.2, 0.25) is 5.02 Å². The number of nitrogens with two attached hydrogens (primary N) is 1. The van der Waals surface area contributed by atoms with Crippen LogP contribution in [0.4, 0.5) is 5.69 Å². The van der Waals surface area contributed by atoms with Gasteiger partial charge in [-0.15, -0.1) is 0 Å². The molecule has 0 saturated carbocycles. The van der Waals surface area contributed by atoms with Gasteiger partial charge in [-0.2, -0.15) is 10.2 Å². The van der Waals surface area contributed by atoms with Gasteiger partial charge in [0.2, 0.25) is 5.43 Å². The van der Waals surface area contributed by atoms with E-state index in [-0.39, 0.29) is 22.5 Å². The van der Waals surface area contributed by atoms with E-state index in [9.17, 15) is 14.4 Å². The fraction of sp³-hybridized carbons (Fsp3) is 0.188. The molecule has 2 heterocycles. The molecule has 0 unspecified atom stereocenters. The molecule has 2 aromatic heterocycles. The Labute approximate surface area is 152 Å². The Morgan fingerprint density at radius 2 is 1.88 bits per heavy atom. The number of hydrogen-bond acceptors (Lipinski definition) is 5. The minimum atomic E-state index is -0.772. The first kappa shape index (κ1) is 17.6. The van der Waals surface area contributed by atoms with Gasteiger partial charge < -0.3 is 11.1 Å². The van der Waals surface area contributed by atoms with Crippen molar-refractivity contribution >= 4 is 40.0 Å². The van der Waals surface area contributed by atoms with Gasteiger partial charge in [-0.05, 0) is 25.1 Å². The lowest BCUT2D eigenvalue weighted by Gasteiger charge is -2.09. The average Bonchev–Trinajstić information content (AvgIpc) is 2.84. The van der Waals surface area contributed by atoms with Crippen LogP contribution in [0.25, 0.3) is 10.9 Å². The smallest absolute Gasteiger partial charge is 0.280 e. The Bertz CT molecular complexity index is 1130. The molecule has 2 amide bonds. The van der Waals surface area contributed by atoms with Crippen LogP contribution in [-0.4, -0.2) is 31.4 Å². The highest BCUT2D eigenvalue weighted by Crippen LogP contribution is 2.20. The number of aromatic nitrogens is 4. The number of hydrogen-bond donors (Lipinski definition) is 2. The zero-order chi connectivity index (χ0) is 19.2. The van der Waals surface area contributed by atoms with E-state index in [0.717, 1.165) is 0 Å².